The Hall–Kier alpha value is -1.62. The van der Waals surface area contributed by atoms with Crippen LogP contribution in [0, 0.1) is 5.92 Å². The Morgan fingerprint density at radius 2 is 1.87 bits per heavy atom. The Morgan fingerprint density at radius 3 is 2.50 bits per heavy atom. The molecule has 0 spiro atoms. The quantitative estimate of drug-likeness (QED) is 0.561. The van der Waals surface area contributed by atoms with Gasteiger partial charge in [-0.3, -0.25) is 9.88 Å². The van der Waals surface area contributed by atoms with Gasteiger partial charge in [0, 0.05) is 12.4 Å². The zero-order valence-electron chi connectivity index (χ0n) is 19.5. The summed E-state index contributed by atoms with van der Waals surface area (Å²) in [5.74, 6) is 0.675. The van der Waals surface area contributed by atoms with E-state index in [9.17, 15) is 4.79 Å². The molecule has 1 aromatic heterocycles. The maximum absolute atomic E-state index is 13.2. The molecule has 5 nitrogen and oxygen atoms in total. The summed E-state index contributed by atoms with van der Waals surface area (Å²) in [6.07, 6.45) is 14.0. The van der Waals surface area contributed by atoms with Crippen LogP contribution < -0.4 is 0 Å². The first-order chi connectivity index (χ1) is 14.2. The lowest BCUT2D eigenvalue weighted by molar-refractivity contribution is -0.0801. The normalized spacial score (nSPS) is 24.8. The molecule has 1 aliphatic heterocycles. The Kier molecular flexibility index (Phi) is 7.43. The number of carbonyl (C=O) groups excluding carboxylic acids is 1. The fourth-order valence-electron chi connectivity index (χ4n) is 5.07. The summed E-state index contributed by atoms with van der Waals surface area (Å²) in [5, 5.41) is 0. The molecule has 0 N–H and O–H groups in total. The Morgan fingerprint density at radius 1 is 1.20 bits per heavy atom. The minimum Gasteiger partial charge on any atom is -0.444 e. The van der Waals surface area contributed by atoms with Gasteiger partial charge >= 0.3 is 6.09 Å². The summed E-state index contributed by atoms with van der Waals surface area (Å²) >= 11 is 0. The SMILES string of the molecule is CC(C)(C)OC(=O)N1C(CC2CCCCC2)C(CCCc2ccncc2)OC1(C)C. The van der Waals surface area contributed by atoms with E-state index in [2.05, 4.69) is 17.1 Å². The maximum Gasteiger partial charge on any atom is 0.412 e. The van der Waals surface area contributed by atoms with Gasteiger partial charge in [-0.05, 0) is 83.9 Å². The average Bonchev–Trinajstić information content (AvgIpc) is 2.91. The first kappa shape index (κ1) is 23.1. The molecule has 2 aliphatic rings. The lowest BCUT2D eigenvalue weighted by Crippen LogP contribution is -2.50. The summed E-state index contributed by atoms with van der Waals surface area (Å²) in [7, 11) is 0. The van der Waals surface area contributed by atoms with Gasteiger partial charge in [0.25, 0.3) is 0 Å². The molecule has 0 radical (unpaired) electrons. The van der Waals surface area contributed by atoms with Crippen molar-refractivity contribution < 1.29 is 14.3 Å². The van der Waals surface area contributed by atoms with Gasteiger partial charge in [0.15, 0.2) is 0 Å². The van der Waals surface area contributed by atoms with Crippen LogP contribution in [0.3, 0.4) is 0 Å². The van der Waals surface area contributed by atoms with Crippen molar-refractivity contribution in [3.63, 3.8) is 0 Å². The third-order valence-electron chi connectivity index (χ3n) is 6.37. The van der Waals surface area contributed by atoms with Crippen LogP contribution in [0.2, 0.25) is 0 Å². The predicted octanol–water partition coefficient (Wildman–Crippen LogP) is 6.12. The van der Waals surface area contributed by atoms with E-state index in [4.69, 9.17) is 9.47 Å². The summed E-state index contributed by atoms with van der Waals surface area (Å²) in [5.41, 5.74) is 0.139. The van der Waals surface area contributed by atoms with Crippen molar-refractivity contribution in [1.82, 2.24) is 9.88 Å². The van der Waals surface area contributed by atoms with Gasteiger partial charge in [-0.15, -0.1) is 0 Å². The highest BCUT2D eigenvalue weighted by Gasteiger charge is 2.51. The molecule has 30 heavy (non-hydrogen) atoms. The number of aryl methyl sites for hydroxylation is 1. The van der Waals surface area contributed by atoms with Crippen LogP contribution in [-0.2, 0) is 15.9 Å². The van der Waals surface area contributed by atoms with Crippen molar-refractivity contribution in [1.29, 1.82) is 0 Å². The van der Waals surface area contributed by atoms with Crippen molar-refractivity contribution in [2.75, 3.05) is 0 Å². The largest absolute Gasteiger partial charge is 0.444 e. The lowest BCUT2D eigenvalue weighted by atomic mass is 9.83. The van der Waals surface area contributed by atoms with Crippen LogP contribution in [0.1, 0.15) is 91.5 Å². The van der Waals surface area contributed by atoms with E-state index in [1.54, 1.807) is 0 Å². The van der Waals surface area contributed by atoms with E-state index in [1.807, 2.05) is 51.9 Å². The summed E-state index contributed by atoms with van der Waals surface area (Å²) in [4.78, 5) is 19.2. The molecular formula is C25H40N2O3. The topological polar surface area (TPSA) is 51.7 Å². The zero-order valence-corrected chi connectivity index (χ0v) is 19.5. The van der Waals surface area contributed by atoms with Crippen molar-refractivity contribution in [2.24, 2.45) is 5.92 Å². The number of nitrogens with zero attached hydrogens (tertiary/aromatic N) is 2. The molecule has 1 saturated carbocycles. The van der Waals surface area contributed by atoms with E-state index >= 15 is 0 Å². The monoisotopic (exact) mass is 416 g/mol. The van der Waals surface area contributed by atoms with E-state index in [0.29, 0.717) is 5.92 Å². The molecule has 1 saturated heterocycles. The van der Waals surface area contributed by atoms with Gasteiger partial charge < -0.3 is 9.47 Å². The van der Waals surface area contributed by atoms with E-state index in [-0.39, 0.29) is 18.2 Å². The fraction of sp³-hybridized carbons (Fsp3) is 0.760. The number of carbonyl (C=O) groups is 1. The van der Waals surface area contributed by atoms with Crippen molar-refractivity contribution >= 4 is 6.09 Å². The minimum absolute atomic E-state index is 0.0521. The molecule has 2 fully saturated rings. The number of rotatable bonds is 6. The molecule has 2 unspecified atom stereocenters. The summed E-state index contributed by atoms with van der Waals surface area (Å²) < 4.78 is 12.3. The molecule has 0 bridgehead atoms. The number of hydrogen-bond donors (Lipinski definition) is 0. The smallest absolute Gasteiger partial charge is 0.412 e. The number of pyridine rings is 1. The van der Waals surface area contributed by atoms with Crippen molar-refractivity contribution in [3.8, 4) is 0 Å². The summed E-state index contributed by atoms with van der Waals surface area (Å²) in [6, 6.07) is 4.23. The minimum atomic E-state index is -0.650. The van der Waals surface area contributed by atoms with E-state index in [1.165, 1.54) is 37.7 Å². The zero-order chi connectivity index (χ0) is 21.8. The molecule has 168 valence electrons. The Bertz CT molecular complexity index is 677. The van der Waals surface area contributed by atoms with E-state index < -0.39 is 11.3 Å². The number of hydrogen-bond acceptors (Lipinski definition) is 4. The molecule has 2 heterocycles. The Balaban J connectivity index is 1.72. The lowest BCUT2D eigenvalue weighted by Gasteiger charge is -2.37. The molecule has 1 aliphatic carbocycles. The molecule has 2 atom stereocenters. The number of ether oxygens (including phenoxy) is 2. The third kappa shape index (κ3) is 6.19. The molecule has 1 aromatic rings. The molecule has 5 heteroatoms. The first-order valence-electron chi connectivity index (χ1n) is 11.7. The predicted molar refractivity (Wildman–Crippen MR) is 119 cm³/mol. The van der Waals surface area contributed by atoms with E-state index in [0.717, 1.165) is 25.7 Å². The van der Waals surface area contributed by atoms with Gasteiger partial charge in [-0.2, -0.15) is 0 Å². The van der Waals surface area contributed by atoms with Gasteiger partial charge in [0.1, 0.15) is 11.3 Å². The molecule has 1 amide bonds. The van der Waals surface area contributed by atoms with Crippen LogP contribution in [0.5, 0.6) is 0 Å². The highest BCUT2D eigenvalue weighted by Crippen LogP contribution is 2.40. The Labute approximate surface area is 182 Å². The second kappa shape index (κ2) is 9.67. The average molecular weight is 417 g/mol. The number of aromatic nitrogens is 1. The van der Waals surface area contributed by atoms with Crippen molar-refractivity contribution in [3.05, 3.63) is 30.1 Å². The van der Waals surface area contributed by atoms with Crippen LogP contribution in [-0.4, -0.2) is 39.4 Å². The van der Waals surface area contributed by atoms with Crippen LogP contribution in [0.25, 0.3) is 0 Å². The molecular weight excluding hydrogens is 376 g/mol. The molecule has 3 rings (SSSR count). The summed E-state index contributed by atoms with van der Waals surface area (Å²) in [6.45, 7) is 9.80. The first-order valence-corrected chi connectivity index (χ1v) is 11.7. The van der Waals surface area contributed by atoms with Crippen LogP contribution >= 0.6 is 0 Å². The number of amides is 1. The highest BCUT2D eigenvalue weighted by molar-refractivity contribution is 5.70. The van der Waals surface area contributed by atoms with Gasteiger partial charge in [0.2, 0.25) is 0 Å². The maximum atomic E-state index is 13.2. The fourth-order valence-corrected chi connectivity index (χ4v) is 5.07. The standard InChI is InChI=1S/C25H40N2O3/c1-24(2,3)30-23(28)27-21(18-20-10-7-6-8-11-20)22(29-25(27,4)5)13-9-12-19-14-16-26-17-15-19/h14-17,20-22H,6-13,18H2,1-5H3. The van der Waals surface area contributed by atoms with Crippen LogP contribution in [0.15, 0.2) is 24.5 Å². The van der Waals surface area contributed by atoms with Gasteiger partial charge in [-0.25, -0.2) is 4.79 Å². The third-order valence-corrected chi connectivity index (χ3v) is 6.37. The van der Waals surface area contributed by atoms with Gasteiger partial charge in [-0.1, -0.05) is 32.1 Å². The van der Waals surface area contributed by atoms with Crippen molar-refractivity contribution in [2.45, 2.75) is 116 Å². The second-order valence-corrected chi connectivity index (χ2v) is 10.5. The highest BCUT2D eigenvalue weighted by atomic mass is 16.6. The van der Waals surface area contributed by atoms with Crippen LogP contribution in [0.4, 0.5) is 4.79 Å². The molecule has 0 aromatic carbocycles. The van der Waals surface area contributed by atoms with Gasteiger partial charge in [0.05, 0.1) is 12.1 Å². The second-order valence-electron chi connectivity index (χ2n) is 10.5.